The minimum absolute atomic E-state index is 0.824. The Balaban J connectivity index is 1.39. The zero-order valence-corrected chi connectivity index (χ0v) is 17.5. The number of aryl methyl sites for hydroxylation is 1. The number of rotatable bonds is 8. The van der Waals surface area contributed by atoms with Crippen LogP contribution >= 0.6 is 0 Å². The normalized spacial score (nSPS) is 29.1. The van der Waals surface area contributed by atoms with Gasteiger partial charge in [-0.15, -0.1) is 0 Å². The summed E-state index contributed by atoms with van der Waals surface area (Å²) in [6.07, 6.45) is 23.1. The average Bonchev–Trinajstić information content (AvgIpc) is 2.73. The second kappa shape index (κ2) is 10.9. The van der Waals surface area contributed by atoms with Gasteiger partial charge in [-0.25, -0.2) is 0 Å². The molecule has 2 aliphatic carbocycles. The van der Waals surface area contributed by atoms with Crippen molar-refractivity contribution in [2.24, 2.45) is 17.8 Å². The molecule has 0 radical (unpaired) electrons. The van der Waals surface area contributed by atoms with Crippen molar-refractivity contribution in [1.29, 1.82) is 0 Å². The van der Waals surface area contributed by atoms with E-state index in [1.165, 1.54) is 82.6 Å². The van der Waals surface area contributed by atoms with Crippen LogP contribution in [-0.2, 0) is 6.42 Å². The van der Waals surface area contributed by atoms with Crippen LogP contribution in [0.5, 0.6) is 0 Å². The molecule has 0 heterocycles. The standard InChI is InChI=1S/C27H40/c1-3-5-6-7-9-23-12-16-25(17-13-23)27-20-18-26(19-21-27)24-14-10-22(8-4-2)11-15-24/h3,5-6,10-11,14-15,23,25-27H,1,4,7-9,12-13,16-21H2,2H3. The van der Waals surface area contributed by atoms with Crippen LogP contribution in [0.3, 0.4) is 0 Å². The fourth-order valence-corrected chi connectivity index (χ4v) is 5.64. The van der Waals surface area contributed by atoms with Crippen LogP contribution in [0.25, 0.3) is 0 Å². The summed E-state index contributed by atoms with van der Waals surface area (Å²) in [4.78, 5) is 0. The predicted octanol–water partition coefficient (Wildman–Crippen LogP) is 8.24. The summed E-state index contributed by atoms with van der Waals surface area (Å²) < 4.78 is 0. The van der Waals surface area contributed by atoms with Crippen molar-refractivity contribution in [1.82, 2.24) is 0 Å². The van der Waals surface area contributed by atoms with Gasteiger partial charge in [-0.05, 0) is 92.6 Å². The summed E-state index contributed by atoms with van der Waals surface area (Å²) in [7, 11) is 0. The molecule has 0 heteroatoms. The lowest BCUT2D eigenvalue weighted by atomic mass is 9.68. The van der Waals surface area contributed by atoms with Crippen LogP contribution in [-0.4, -0.2) is 0 Å². The Morgan fingerprint density at radius 3 is 2.11 bits per heavy atom. The van der Waals surface area contributed by atoms with Gasteiger partial charge in [0.2, 0.25) is 0 Å². The van der Waals surface area contributed by atoms with Crippen molar-refractivity contribution >= 4 is 0 Å². The lowest BCUT2D eigenvalue weighted by Gasteiger charge is -2.38. The molecule has 0 atom stereocenters. The molecule has 1 aromatic rings. The maximum absolute atomic E-state index is 3.76. The van der Waals surface area contributed by atoms with Gasteiger partial charge in [0.05, 0.1) is 0 Å². The topological polar surface area (TPSA) is 0 Å². The van der Waals surface area contributed by atoms with Gasteiger partial charge < -0.3 is 0 Å². The predicted molar refractivity (Wildman–Crippen MR) is 119 cm³/mol. The van der Waals surface area contributed by atoms with Gasteiger partial charge in [0.25, 0.3) is 0 Å². The smallest absolute Gasteiger partial charge is 0.0162 e. The molecule has 1 aromatic carbocycles. The molecule has 0 spiro atoms. The Morgan fingerprint density at radius 1 is 0.889 bits per heavy atom. The molecule has 0 saturated heterocycles. The SMILES string of the molecule is C=CC=CCCC1CCC(C2CCC(c3ccc(CCC)cc3)CC2)CC1. The second-order valence-corrected chi connectivity index (χ2v) is 9.13. The van der Waals surface area contributed by atoms with Gasteiger partial charge in [-0.2, -0.15) is 0 Å². The molecule has 2 fully saturated rings. The van der Waals surface area contributed by atoms with Gasteiger partial charge in [-0.1, -0.05) is 75.3 Å². The molecule has 0 aliphatic heterocycles. The van der Waals surface area contributed by atoms with E-state index >= 15 is 0 Å². The first-order valence-electron chi connectivity index (χ1n) is 11.7. The van der Waals surface area contributed by atoms with Gasteiger partial charge in [0.1, 0.15) is 0 Å². The molecule has 2 aliphatic rings. The van der Waals surface area contributed by atoms with Crippen molar-refractivity contribution in [2.75, 3.05) is 0 Å². The Morgan fingerprint density at radius 2 is 1.52 bits per heavy atom. The van der Waals surface area contributed by atoms with Crippen molar-refractivity contribution in [2.45, 2.75) is 89.9 Å². The second-order valence-electron chi connectivity index (χ2n) is 9.13. The third kappa shape index (κ3) is 6.09. The first-order valence-corrected chi connectivity index (χ1v) is 11.7. The quantitative estimate of drug-likeness (QED) is 0.407. The van der Waals surface area contributed by atoms with Crippen LogP contribution in [0.1, 0.15) is 94.6 Å². The Kier molecular flexibility index (Phi) is 8.24. The maximum atomic E-state index is 3.76. The minimum atomic E-state index is 0.824. The van der Waals surface area contributed by atoms with E-state index in [2.05, 4.69) is 49.9 Å². The highest BCUT2D eigenvalue weighted by Gasteiger charge is 2.31. The van der Waals surface area contributed by atoms with Crippen LogP contribution in [0.2, 0.25) is 0 Å². The van der Waals surface area contributed by atoms with Crippen LogP contribution in [0, 0.1) is 17.8 Å². The zero-order chi connectivity index (χ0) is 18.9. The number of allylic oxidation sites excluding steroid dienone is 3. The molecular formula is C27H40. The Hall–Kier alpha value is -1.30. The lowest BCUT2D eigenvalue weighted by Crippen LogP contribution is -2.25. The van der Waals surface area contributed by atoms with E-state index in [0.717, 1.165) is 23.7 Å². The molecule has 0 bridgehead atoms. The average molecular weight is 365 g/mol. The molecule has 0 N–H and O–H groups in total. The number of hydrogen-bond donors (Lipinski definition) is 0. The molecule has 0 nitrogen and oxygen atoms in total. The van der Waals surface area contributed by atoms with E-state index < -0.39 is 0 Å². The van der Waals surface area contributed by atoms with E-state index in [9.17, 15) is 0 Å². The molecule has 0 aromatic heterocycles. The number of hydrogen-bond acceptors (Lipinski definition) is 0. The van der Waals surface area contributed by atoms with Crippen LogP contribution in [0.15, 0.2) is 49.1 Å². The van der Waals surface area contributed by atoms with Crippen molar-refractivity contribution in [3.8, 4) is 0 Å². The Labute approximate surface area is 168 Å². The van der Waals surface area contributed by atoms with E-state index in [1.54, 1.807) is 5.56 Å². The molecule has 0 amide bonds. The number of benzene rings is 1. The zero-order valence-electron chi connectivity index (χ0n) is 17.5. The first kappa shape index (κ1) is 20.4. The molecule has 3 rings (SSSR count). The Bertz CT molecular complexity index is 563. The first-order chi connectivity index (χ1) is 13.3. The highest BCUT2D eigenvalue weighted by molar-refractivity contribution is 5.26. The van der Waals surface area contributed by atoms with E-state index in [1.807, 2.05) is 6.08 Å². The van der Waals surface area contributed by atoms with E-state index in [-0.39, 0.29) is 0 Å². The largest absolute Gasteiger partial charge is 0.0991 e. The van der Waals surface area contributed by atoms with Crippen LogP contribution in [0.4, 0.5) is 0 Å². The summed E-state index contributed by atoms with van der Waals surface area (Å²) in [5.41, 5.74) is 3.11. The van der Waals surface area contributed by atoms with Gasteiger partial charge >= 0.3 is 0 Å². The molecular weight excluding hydrogens is 324 g/mol. The van der Waals surface area contributed by atoms with E-state index in [0.29, 0.717) is 0 Å². The summed E-state index contributed by atoms with van der Waals surface area (Å²) >= 11 is 0. The highest BCUT2D eigenvalue weighted by atomic mass is 14.4. The van der Waals surface area contributed by atoms with Crippen LogP contribution < -0.4 is 0 Å². The fraction of sp³-hybridized carbons (Fsp3) is 0.630. The highest BCUT2D eigenvalue weighted by Crippen LogP contribution is 2.44. The monoisotopic (exact) mass is 364 g/mol. The molecule has 0 unspecified atom stereocenters. The molecule has 2 saturated carbocycles. The van der Waals surface area contributed by atoms with Crippen molar-refractivity contribution in [3.63, 3.8) is 0 Å². The van der Waals surface area contributed by atoms with Gasteiger partial charge in [-0.3, -0.25) is 0 Å². The summed E-state index contributed by atoms with van der Waals surface area (Å²) in [6, 6.07) is 9.58. The van der Waals surface area contributed by atoms with Gasteiger partial charge in [0.15, 0.2) is 0 Å². The van der Waals surface area contributed by atoms with Gasteiger partial charge in [0, 0.05) is 0 Å². The molecule has 27 heavy (non-hydrogen) atoms. The third-order valence-electron chi connectivity index (χ3n) is 7.33. The minimum Gasteiger partial charge on any atom is -0.0991 e. The summed E-state index contributed by atoms with van der Waals surface area (Å²) in [5, 5.41) is 0. The van der Waals surface area contributed by atoms with Crippen molar-refractivity contribution in [3.05, 3.63) is 60.2 Å². The lowest BCUT2D eigenvalue weighted by molar-refractivity contribution is 0.157. The maximum Gasteiger partial charge on any atom is -0.0162 e. The third-order valence-corrected chi connectivity index (χ3v) is 7.33. The molecule has 148 valence electrons. The van der Waals surface area contributed by atoms with E-state index in [4.69, 9.17) is 0 Å². The fourth-order valence-electron chi connectivity index (χ4n) is 5.64. The summed E-state index contributed by atoms with van der Waals surface area (Å²) in [6.45, 7) is 6.02. The summed E-state index contributed by atoms with van der Waals surface area (Å²) in [5.74, 6) is 3.85. The van der Waals surface area contributed by atoms with Crippen molar-refractivity contribution < 1.29 is 0 Å².